The zero-order valence-electron chi connectivity index (χ0n) is 15.8. The van der Waals surface area contributed by atoms with Gasteiger partial charge in [-0.15, -0.1) is 5.10 Å². The lowest BCUT2D eigenvalue weighted by Gasteiger charge is -2.11. The average molecular weight is 422 g/mol. The summed E-state index contributed by atoms with van der Waals surface area (Å²) >= 11 is 6.17. The van der Waals surface area contributed by atoms with Gasteiger partial charge in [-0.05, 0) is 40.8 Å². The summed E-state index contributed by atoms with van der Waals surface area (Å²) in [5, 5.41) is 15.0. The topological polar surface area (TPSA) is 95.1 Å². The molecule has 0 aliphatic carbocycles. The van der Waals surface area contributed by atoms with E-state index in [0.717, 1.165) is 5.56 Å². The molecule has 0 spiro atoms. The number of nitrogens with zero attached hydrogens (tertiary/aromatic N) is 4. The van der Waals surface area contributed by atoms with Gasteiger partial charge < -0.3 is 14.5 Å². The highest BCUT2D eigenvalue weighted by molar-refractivity contribution is 6.32. The van der Waals surface area contributed by atoms with Crippen LogP contribution in [0.4, 0.5) is 5.69 Å². The van der Waals surface area contributed by atoms with Crippen molar-refractivity contribution in [1.29, 1.82) is 0 Å². The number of aromatic nitrogens is 4. The van der Waals surface area contributed by atoms with Crippen LogP contribution in [-0.2, 0) is 4.79 Å². The Morgan fingerprint density at radius 2 is 2.00 bits per heavy atom. The molecule has 30 heavy (non-hydrogen) atoms. The molecule has 0 atom stereocenters. The van der Waals surface area contributed by atoms with Gasteiger partial charge in [-0.25, -0.2) is 0 Å². The number of furan rings is 1. The zero-order chi connectivity index (χ0) is 20.9. The van der Waals surface area contributed by atoms with Crippen LogP contribution in [-0.4, -0.2) is 33.2 Å². The number of ether oxygens (including phenoxy) is 1. The Hall–Kier alpha value is -3.91. The highest BCUT2D eigenvalue weighted by atomic mass is 35.5. The molecule has 4 aromatic rings. The van der Waals surface area contributed by atoms with E-state index in [1.165, 1.54) is 18.1 Å². The van der Waals surface area contributed by atoms with E-state index in [2.05, 4.69) is 20.8 Å². The maximum absolute atomic E-state index is 13.2. The van der Waals surface area contributed by atoms with Gasteiger partial charge in [0, 0.05) is 17.3 Å². The maximum Gasteiger partial charge on any atom is 0.274 e. The molecule has 1 amide bonds. The fourth-order valence-corrected chi connectivity index (χ4v) is 3.04. The molecule has 150 valence electrons. The molecule has 0 saturated carbocycles. The Labute approximate surface area is 176 Å². The lowest BCUT2D eigenvalue weighted by Crippen LogP contribution is -2.19. The molecule has 0 aliphatic rings. The second-order valence-electron chi connectivity index (χ2n) is 6.13. The number of carbonyl (C=O) groups excluding carboxylic acids is 1. The Balaban J connectivity index is 1.73. The number of benzene rings is 2. The molecule has 2 aromatic heterocycles. The zero-order valence-corrected chi connectivity index (χ0v) is 16.6. The lowest BCUT2D eigenvalue weighted by molar-refractivity contribution is -0.111. The first-order chi connectivity index (χ1) is 14.7. The molecule has 8 nitrogen and oxygen atoms in total. The summed E-state index contributed by atoms with van der Waals surface area (Å²) in [7, 11) is 1.52. The van der Waals surface area contributed by atoms with Gasteiger partial charge >= 0.3 is 0 Å². The number of hydrogen-bond acceptors (Lipinski definition) is 6. The van der Waals surface area contributed by atoms with Crippen LogP contribution >= 0.6 is 11.6 Å². The Bertz CT molecular complexity index is 1190. The molecule has 9 heteroatoms. The number of tetrazole rings is 1. The van der Waals surface area contributed by atoms with E-state index in [-0.39, 0.29) is 5.70 Å². The number of hydrogen-bond donors (Lipinski definition) is 1. The van der Waals surface area contributed by atoms with Gasteiger partial charge in [-0.1, -0.05) is 41.9 Å². The average Bonchev–Trinajstić information content (AvgIpc) is 3.45. The van der Waals surface area contributed by atoms with Crippen LogP contribution in [0.15, 0.2) is 71.3 Å². The smallest absolute Gasteiger partial charge is 0.274 e. The highest BCUT2D eigenvalue weighted by Gasteiger charge is 2.20. The molecule has 1 N–H and O–H groups in total. The first-order valence-electron chi connectivity index (χ1n) is 8.90. The fourth-order valence-electron chi connectivity index (χ4n) is 2.79. The fraction of sp³-hybridized carbons (Fsp3) is 0.0476. The molecule has 2 aromatic carbocycles. The van der Waals surface area contributed by atoms with E-state index in [9.17, 15) is 4.79 Å². The molecule has 4 rings (SSSR count). The monoisotopic (exact) mass is 421 g/mol. The standard InChI is InChI=1S/C21H16ClN5O3/c1-29-19-10-9-15(12-17(19)22)23-21(28)18(13-16-8-5-11-30-16)27-20(24-25-26-27)14-6-3-2-4-7-14/h2-13H,1H3,(H,23,28). The van der Waals surface area contributed by atoms with Crippen LogP contribution in [0.3, 0.4) is 0 Å². The maximum atomic E-state index is 13.2. The van der Waals surface area contributed by atoms with E-state index < -0.39 is 5.91 Å². The van der Waals surface area contributed by atoms with Crippen molar-refractivity contribution in [2.75, 3.05) is 12.4 Å². The lowest BCUT2D eigenvalue weighted by atomic mass is 10.2. The van der Waals surface area contributed by atoms with Gasteiger partial charge in [0.2, 0.25) is 0 Å². The largest absolute Gasteiger partial charge is 0.495 e. The van der Waals surface area contributed by atoms with Gasteiger partial charge in [0.25, 0.3) is 5.91 Å². The summed E-state index contributed by atoms with van der Waals surface area (Å²) in [6.07, 6.45) is 3.07. The van der Waals surface area contributed by atoms with Gasteiger partial charge in [-0.2, -0.15) is 4.68 Å². The quantitative estimate of drug-likeness (QED) is 0.468. The Kier molecular flexibility index (Phi) is 5.58. The summed E-state index contributed by atoms with van der Waals surface area (Å²) < 4.78 is 11.9. The van der Waals surface area contributed by atoms with Crippen LogP contribution in [0.5, 0.6) is 5.75 Å². The Morgan fingerprint density at radius 1 is 1.17 bits per heavy atom. The van der Waals surface area contributed by atoms with Gasteiger partial charge in [-0.3, -0.25) is 4.79 Å². The van der Waals surface area contributed by atoms with Crippen molar-refractivity contribution in [3.63, 3.8) is 0 Å². The predicted octanol–water partition coefficient (Wildman–Crippen LogP) is 4.23. The van der Waals surface area contributed by atoms with Crippen molar-refractivity contribution < 1.29 is 13.9 Å². The minimum absolute atomic E-state index is 0.167. The molecular formula is C21H16ClN5O3. The first-order valence-corrected chi connectivity index (χ1v) is 9.28. The number of halogens is 1. The number of nitrogens with one attached hydrogen (secondary N) is 1. The van der Waals surface area contributed by atoms with Crippen LogP contribution in [0, 0.1) is 0 Å². The number of carbonyl (C=O) groups is 1. The molecule has 0 fully saturated rings. The number of methoxy groups -OCH3 is 1. The van der Waals surface area contributed by atoms with Crippen molar-refractivity contribution >= 4 is 35.0 Å². The second kappa shape index (κ2) is 8.62. The van der Waals surface area contributed by atoms with Gasteiger partial charge in [0.05, 0.1) is 18.4 Å². The van der Waals surface area contributed by atoms with Gasteiger partial charge in [0.1, 0.15) is 17.2 Å². The van der Waals surface area contributed by atoms with Crippen molar-refractivity contribution in [2.24, 2.45) is 0 Å². The third-order valence-corrected chi connectivity index (χ3v) is 4.49. The molecule has 0 saturated heterocycles. The number of rotatable bonds is 6. The Morgan fingerprint density at radius 3 is 2.70 bits per heavy atom. The molecule has 0 aliphatic heterocycles. The number of anilines is 1. The third kappa shape index (κ3) is 4.08. The van der Waals surface area contributed by atoms with Crippen LogP contribution in [0.1, 0.15) is 5.76 Å². The molecule has 0 bridgehead atoms. The van der Waals surface area contributed by atoms with E-state index >= 15 is 0 Å². The summed E-state index contributed by atoms with van der Waals surface area (Å²) in [5.41, 5.74) is 1.42. The third-order valence-electron chi connectivity index (χ3n) is 4.19. The minimum atomic E-state index is -0.447. The van der Waals surface area contributed by atoms with Gasteiger partial charge in [0.15, 0.2) is 5.82 Å². The van der Waals surface area contributed by atoms with Crippen LogP contribution < -0.4 is 10.1 Å². The van der Waals surface area contributed by atoms with Crippen molar-refractivity contribution in [1.82, 2.24) is 20.2 Å². The first kappa shape index (κ1) is 19.4. The summed E-state index contributed by atoms with van der Waals surface area (Å²) in [4.78, 5) is 13.2. The van der Waals surface area contributed by atoms with E-state index in [4.69, 9.17) is 20.8 Å². The van der Waals surface area contributed by atoms with Crippen LogP contribution in [0.2, 0.25) is 5.02 Å². The second-order valence-corrected chi connectivity index (χ2v) is 6.54. The molecule has 0 radical (unpaired) electrons. The van der Waals surface area contributed by atoms with Crippen molar-refractivity contribution in [3.8, 4) is 17.1 Å². The summed E-state index contributed by atoms with van der Waals surface area (Å²) in [5.74, 6) is 0.948. The van der Waals surface area contributed by atoms with E-state index in [1.54, 1.807) is 36.4 Å². The molecular weight excluding hydrogens is 406 g/mol. The SMILES string of the molecule is COc1ccc(NC(=O)C(=Cc2ccco2)n2nnnc2-c2ccccc2)cc1Cl. The highest BCUT2D eigenvalue weighted by Crippen LogP contribution is 2.28. The predicted molar refractivity (Wildman–Crippen MR) is 113 cm³/mol. The molecule has 0 unspecified atom stereocenters. The normalized spacial score (nSPS) is 11.3. The molecule has 2 heterocycles. The van der Waals surface area contributed by atoms with E-state index in [0.29, 0.717) is 28.0 Å². The summed E-state index contributed by atoms with van der Waals surface area (Å²) in [6, 6.07) is 17.7. The van der Waals surface area contributed by atoms with Crippen LogP contribution in [0.25, 0.3) is 23.2 Å². The van der Waals surface area contributed by atoms with Crippen molar-refractivity contribution in [3.05, 3.63) is 77.7 Å². The van der Waals surface area contributed by atoms with Crippen molar-refractivity contribution in [2.45, 2.75) is 0 Å². The number of amides is 1. The summed E-state index contributed by atoms with van der Waals surface area (Å²) in [6.45, 7) is 0. The minimum Gasteiger partial charge on any atom is -0.495 e. The van der Waals surface area contributed by atoms with E-state index in [1.807, 2.05) is 30.3 Å².